The molecule has 1 aliphatic rings. The summed E-state index contributed by atoms with van der Waals surface area (Å²) in [5.74, 6) is 1.08. The molecule has 0 amide bonds. The van der Waals surface area contributed by atoms with Gasteiger partial charge in [-0.3, -0.25) is 0 Å². The second kappa shape index (κ2) is 7.70. The number of thiophene rings is 1. The van der Waals surface area contributed by atoms with Crippen LogP contribution in [0.2, 0.25) is 0 Å². The van der Waals surface area contributed by atoms with E-state index in [2.05, 4.69) is 87.0 Å². The molecule has 1 N–H and O–H groups in total. The molecular formula is C23H23N4S+. The maximum absolute atomic E-state index is 4.60. The SMILES string of the molecule is c1ccc(C(c2ccccc2)[NH+]2CCN(c3ncnc4sccc34)CC2)cc1. The molecule has 5 rings (SSSR count). The van der Waals surface area contributed by atoms with E-state index in [9.17, 15) is 0 Å². The van der Waals surface area contributed by atoms with Crippen LogP contribution in [0.1, 0.15) is 17.2 Å². The Morgan fingerprint density at radius 3 is 2.11 bits per heavy atom. The molecule has 0 unspecified atom stereocenters. The summed E-state index contributed by atoms with van der Waals surface area (Å²) in [6.45, 7) is 4.19. The summed E-state index contributed by atoms with van der Waals surface area (Å²) >= 11 is 1.68. The molecule has 2 aromatic heterocycles. The molecule has 0 saturated carbocycles. The van der Waals surface area contributed by atoms with Crippen molar-refractivity contribution in [1.29, 1.82) is 0 Å². The minimum atomic E-state index is 0.371. The molecule has 2 aromatic carbocycles. The molecule has 1 saturated heterocycles. The molecule has 1 fully saturated rings. The molecule has 3 heterocycles. The van der Waals surface area contributed by atoms with E-state index in [0.717, 1.165) is 36.8 Å². The highest BCUT2D eigenvalue weighted by molar-refractivity contribution is 7.16. The average Bonchev–Trinajstić information content (AvgIpc) is 3.25. The predicted octanol–water partition coefficient (Wildman–Crippen LogP) is 3.19. The summed E-state index contributed by atoms with van der Waals surface area (Å²) in [6.07, 6.45) is 1.70. The van der Waals surface area contributed by atoms with Crippen molar-refractivity contribution in [2.75, 3.05) is 31.1 Å². The number of nitrogens with one attached hydrogen (secondary N) is 1. The molecule has 1 aliphatic heterocycles. The first kappa shape index (κ1) is 17.3. The number of rotatable bonds is 4. The van der Waals surface area contributed by atoms with Gasteiger partial charge in [0.05, 0.1) is 31.6 Å². The Morgan fingerprint density at radius 2 is 1.46 bits per heavy atom. The van der Waals surface area contributed by atoms with Crippen LogP contribution >= 0.6 is 11.3 Å². The van der Waals surface area contributed by atoms with Crippen LogP contribution < -0.4 is 9.80 Å². The number of hydrogen-bond acceptors (Lipinski definition) is 4. The summed E-state index contributed by atoms with van der Waals surface area (Å²) in [7, 11) is 0. The van der Waals surface area contributed by atoms with E-state index in [4.69, 9.17) is 0 Å². The second-order valence-corrected chi connectivity index (χ2v) is 8.13. The first-order valence-electron chi connectivity index (χ1n) is 9.78. The van der Waals surface area contributed by atoms with Gasteiger partial charge in [0.25, 0.3) is 0 Å². The first-order valence-corrected chi connectivity index (χ1v) is 10.7. The Balaban J connectivity index is 1.40. The van der Waals surface area contributed by atoms with E-state index in [-0.39, 0.29) is 0 Å². The number of benzene rings is 2. The van der Waals surface area contributed by atoms with E-state index in [1.54, 1.807) is 22.6 Å². The maximum Gasteiger partial charge on any atom is 0.141 e. The number of nitrogens with zero attached hydrogens (tertiary/aromatic N) is 3. The highest BCUT2D eigenvalue weighted by atomic mass is 32.1. The van der Waals surface area contributed by atoms with Crippen molar-refractivity contribution in [3.05, 3.63) is 89.6 Å². The van der Waals surface area contributed by atoms with Gasteiger partial charge in [-0.15, -0.1) is 11.3 Å². The van der Waals surface area contributed by atoms with Gasteiger partial charge >= 0.3 is 0 Å². The van der Waals surface area contributed by atoms with Gasteiger partial charge in [-0.1, -0.05) is 60.7 Å². The number of quaternary nitrogens is 1. The number of hydrogen-bond donors (Lipinski definition) is 1. The monoisotopic (exact) mass is 387 g/mol. The van der Waals surface area contributed by atoms with Gasteiger partial charge in [-0.05, 0) is 11.4 Å². The Kier molecular flexibility index (Phi) is 4.77. The molecule has 4 nitrogen and oxygen atoms in total. The Hall–Kier alpha value is -2.76. The minimum absolute atomic E-state index is 0.371. The lowest BCUT2D eigenvalue weighted by molar-refractivity contribution is -0.926. The second-order valence-electron chi connectivity index (χ2n) is 7.24. The molecule has 28 heavy (non-hydrogen) atoms. The zero-order valence-electron chi connectivity index (χ0n) is 15.7. The van der Waals surface area contributed by atoms with Gasteiger partial charge in [0.1, 0.15) is 23.0 Å². The summed E-state index contributed by atoms with van der Waals surface area (Å²) in [5, 5.41) is 3.28. The van der Waals surface area contributed by atoms with Gasteiger partial charge in [0, 0.05) is 11.1 Å². The van der Waals surface area contributed by atoms with Crippen molar-refractivity contribution in [2.45, 2.75) is 6.04 Å². The third-order valence-corrected chi connectivity index (χ3v) is 6.44. The summed E-state index contributed by atoms with van der Waals surface area (Å²) in [4.78, 5) is 14.1. The smallest absolute Gasteiger partial charge is 0.141 e. The van der Waals surface area contributed by atoms with E-state index in [1.807, 2.05) is 0 Å². The van der Waals surface area contributed by atoms with Crippen LogP contribution in [0.4, 0.5) is 5.82 Å². The average molecular weight is 388 g/mol. The largest absolute Gasteiger partial charge is 0.345 e. The van der Waals surface area contributed by atoms with Crippen molar-refractivity contribution in [2.24, 2.45) is 0 Å². The van der Waals surface area contributed by atoms with Gasteiger partial charge in [0.15, 0.2) is 0 Å². The van der Waals surface area contributed by atoms with Crippen LogP contribution in [-0.4, -0.2) is 36.1 Å². The summed E-state index contributed by atoms with van der Waals surface area (Å²) in [5.41, 5.74) is 2.78. The molecule has 5 heteroatoms. The number of anilines is 1. The van der Waals surface area contributed by atoms with Crippen molar-refractivity contribution >= 4 is 27.4 Å². The van der Waals surface area contributed by atoms with Crippen LogP contribution in [0.3, 0.4) is 0 Å². The quantitative estimate of drug-likeness (QED) is 0.584. The fourth-order valence-corrected chi connectivity index (χ4v) is 5.01. The van der Waals surface area contributed by atoms with E-state index in [0.29, 0.717) is 6.04 Å². The molecule has 0 atom stereocenters. The molecule has 140 valence electrons. The zero-order chi connectivity index (χ0) is 18.8. The zero-order valence-corrected chi connectivity index (χ0v) is 16.5. The molecule has 0 spiro atoms. The third-order valence-electron chi connectivity index (χ3n) is 5.62. The highest BCUT2D eigenvalue weighted by Gasteiger charge is 2.30. The van der Waals surface area contributed by atoms with E-state index < -0.39 is 0 Å². The Labute approximate surface area is 169 Å². The summed E-state index contributed by atoms with van der Waals surface area (Å²) < 4.78 is 0. The number of aromatic nitrogens is 2. The number of fused-ring (bicyclic) bond motifs is 1. The van der Waals surface area contributed by atoms with Crippen LogP contribution in [0.25, 0.3) is 10.2 Å². The fourth-order valence-electron chi connectivity index (χ4n) is 4.28. The molecular weight excluding hydrogens is 364 g/mol. The Bertz CT molecular complexity index is 1000. The van der Waals surface area contributed by atoms with E-state index >= 15 is 0 Å². The van der Waals surface area contributed by atoms with Crippen molar-refractivity contribution in [3.63, 3.8) is 0 Å². The summed E-state index contributed by atoms with van der Waals surface area (Å²) in [6, 6.07) is 24.3. The maximum atomic E-state index is 4.60. The van der Waals surface area contributed by atoms with Crippen LogP contribution in [0.15, 0.2) is 78.4 Å². The van der Waals surface area contributed by atoms with Gasteiger partial charge in [-0.25, -0.2) is 9.97 Å². The van der Waals surface area contributed by atoms with Crippen LogP contribution in [-0.2, 0) is 0 Å². The predicted molar refractivity (Wildman–Crippen MR) is 115 cm³/mol. The molecule has 0 aliphatic carbocycles. The fraction of sp³-hybridized carbons (Fsp3) is 0.217. The minimum Gasteiger partial charge on any atom is -0.345 e. The van der Waals surface area contributed by atoms with Crippen LogP contribution in [0, 0.1) is 0 Å². The lowest BCUT2D eigenvalue weighted by atomic mass is 9.96. The van der Waals surface area contributed by atoms with Crippen molar-refractivity contribution < 1.29 is 4.90 Å². The normalized spacial score (nSPS) is 15.4. The van der Waals surface area contributed by atoms with E-state index in [1.165, 1.54) is 16.5 Å². The highest BCUT2D eigenvalue weighted by Crippen LogP contribution is 2.27. The molecule has 0 bridgehead atoms. The first-order chi connectivity index (χ1) is 13.9. The van der Waals surface area contributed by atoms with Gasteiger partial charge < -0.3 is 9.80 Å². The number of piperazine rings is 1. The lowest BCUT2D eigenvalue weighted by Gasteiger charge is -2.37. The molecule has 0 radical (unpaired) electrons. The van der Waals surface area contributed by atoms with Gasteiger partial charge in [0.2, 0.25) is 0 Å². The lowest BCUT2D eigenvalue weighted by Crippen LogP contribution is -3.15. The standard InChI is InChI=1S/C23H22N4S/c1-3-7-18(8-4-1)21(19-9-5-2-6-10-19)26-12-14-27(15-13-26)22-20-11-16-28-23(20)25-17-24-22/h1-11,16-17,21H,12-15H2/p+1. The van der Waals surface area contributed by atoms with Gasteiger partial charge in [-0.2, -0.15) is 0 Å². The Morgan fingerprint density at radius 1 is 0.821 bits per heavy atom. The third kappa shape index (κ3) is 3.28. The van der Waals surface area contributed by atoms with Crippen molar-refractivity contribution in [3.8, 4) is 0 Å². The van der Waals surface area contributed by atoms with Crippen molar-refractivity contribution in [1.82, 2.24) is 9.97 Å². The topological polar surface area (TPSA) is 33.5 Å². The van der Waals surface area contributed by atoms with Crippen LogP contribution in [0.5, 0.6) is 0 Å². The molecule has 4 aromatic rings.